The first-order valence-electron chi connectivity index (χ1n) is 1.84. The molecule has 4 heteroatoms. The molecule has 0 saturated carbocycles. The molecule has 1 heterocycles. The van der Waals surface area contributed by atoms with Gasteiger partial charge in [0.05, 0.1) is 0 Å². The summed E-state index contributed by atoms with van der Waals surface area (Å²) in [5.41, 5.74) is 2.28. The molecule has 0 radical (unpaired) electrons. The highest BCUT2D eigenvalue weighted by molar-refractivity contribution is 8.14. The van der Waals surface area contributed by atoms with E-state index in [9.17, 15) is 4.79 Å². The second-order valence-corrected chi connectivity index (χ2v) is 2.01. The zero-order valence-electron chi connectivity index (χ0n) is 3.55. The number of carbonyl (C=O) groups is 1. The molecule has 0 spiro atoms. The Morgan fingerprint density at radius 3 is 3.14 bits per heavy atom. The summed E-state index contributed by atoms with van der Waals surface area (Å²) in [6.07, 6.45) is 1.66. The first-order valence-corrected chi connectivity index (χ1v) is 2.82. The van der Waals surface area contributed by atoms with Crippen molar-refractivity contribution in [2.45, 2.75) is 0 Å². The van der Waals surface area contributed by atoms with Gasteiger partial charge in [0, 0.05) is 12.0 Å². The highest BCUT2D eigenvalue weighted by Gasteiger charge is 2.00. The molecule has 0 atom stereocenters. The SMILES string of the molecule is O=C1NN=CCS1. The lowest BCUT2D eigenvalue weighted by Crippen LogP contribution is -2.16. The Labute approximate surface area is 45.2 Å². The maximum Gasteiger partial charge on any atom is 0.299 e. The van der Waals surface area contributed by atoms with Gasteiger partial charge >= 0.3 is 0 Å². The Hall–Kier alpha value is -0.510. The second kappa shape index (κ2) is 1.97. The number of hydrogen-bond donors (Lipinski definition) is 1. The van der Waals surface area contributed by atoms with Gasteiger partial charge in [0.2, 0.25) is 0 Å². The summed E-state index contributed by atoms with van der Waals surface area (Å²) in [5.74, 6) is 0.700. The van der Waals surface area contributed by atoms with Gasteiger partial charge in [0.1, 0.15) is 0 Å². The molecular formula is C3H4N2OS. The summed E-state index contributed by atoms with van der Waals surface area (Å²) < 4.78 is 0. The molecule has 0 aromatic rings. The fourth-order valence-electron chi connectivity index (χ4n) is 0.281. The van der Waals surface area contributed by atoms with E-state index in [1.54, 1.807) is 6.21 Å². The molecule has 7 heavy (non-hydrogen) atoms. The Kier molecular flexibility index (Phi) is 1.31. The van der Waals surface area contributed by atoms with Crippen molar-refractivity contribution in [3.8, 4) is 0 Å². The molecule has 38 valence electrons. The van der Waals surface area contributed by atoms with Crippen LogP contribution in [0.4, 0.5) is 4.79 Å². The molecule has 1 aliphatic rings. The van der Waals surface area contributed by atoms with Crippen molar-refractivity contribution >= 4 is 23.2 Å². The summed E-state index contributed by atoms with van der Waals surface area (Å²) in [6.45, 7) is 0. The van der Waals surface area contributed by atoms with Crippen molar-refractivity contribution in [3.63, 3.8) is 0 Å². The van der Waals surface area contributed by atoms with Crippen molar-refractivity contribution in [2.24, 2.45) is 5.10 Å². The van der Waals surface area contributed by atoms with Gasteiger partial charge in [0.15, 0.2) is 0 Å². The van der Waals surface area contributed by atoms with E-state index in [1.165, 1.54) is 11.8 Å². The maximum atomic E-state index is 10.2. The van der Waals surface area contributed by atoms with Crippen molar-refractivity contribution in [1.29, 1.82) is 0 Å². The highest BCUT2D eigenvalue weighted by atomic mass is 32.2. The lowest BCUT2D eigenvalue weighted by molar-refractivity contribution is 0.261. The third-order valence-electron chi connectivity index (χ3n) is 0.536. The number of hydrazone groups is 1. The molecule has 0 aliphatic carbocycles. The van der Waals surface area contributed by atoms with E-state index < -0.39 is 0 Å². The van der Waals surface area contributed by atoms with Gasteiger partial charge in [-0.05, 0) is 0 Å². The quantitative estimate of drug-likeness (QED) is 0.498. The number of carbonyl (C=O) groups excluding carboxylic acids is 1. The van der Waals surface area contributed by atoms with Crippen LogP contribution in [-0.4, -0.2) is 17.2 Å². The topological polar surface area (TPSA) is 41.5 Å². The van der Waals surface area contributed by atoms with Gasteiger partial charge in [-0.15, -0.1) is 0 Å². The van der Waals surface area contributed by atoms with E-state index in [0.717, 1.165) is 0 Å². The van der Waals surface area contributed by atoms with Crippen LogP contribution in [0.5, 0.6) is 0 Å². The number of nitrogens with one attached hydrogen (secondary N) is 1. The molecule has 0 unspecified atom stereocenters. The van der Waals surface area contributed by atoms with Crippen LogP contribution in [0.1, 0.15) is 0 Å². The molecule has 0 aromatic carbocycles. The molecule has 3 nitrogen and oxygen atoms in total. The number of hydrogen-bond acceptors (Lipinski definition) is 3. The number of nitrogens with zero attached hydrogens (tertiary/aromatic N) is 1. The molecule has 1 amide bonds. The van der Waals surface area contributed by atoms with Gasteiger partial charge in [-0.2, -0.15) is 5.10 Å². The summed E-state index contributed by atoms with van der Waals surface area (Å²) in [5, 5.41) is 3.45. The van der Waals surface area contributed by atoms with E-state index in [2.05, 4.69) is 10.5 Å². The van der Waals surface area contributed by atoms with Gasteiger partial charge in [0.25, 0.3) is 5.24 Å². The second-order valence-electron chi connectivity index (χ2n) is 1.02. The van der Waals surface area contributed by atoms with E-state index in [1.807, 2.05) is 0 Å². The zero-order valence-corrected chi connectivity index (χ0v) is 4.36. The lowest BCUT2D eigenvalue weighted by atomic mass is 10.9. The van der Waals surface area contributed by atoms with Gasteiger partial charge in [-0.25, -0.2) is 5.43 Å². The van der Waals surface area contributed by atoms with Crippen LogP contribution in [0.15, 0.2) is 5.10 Å². The number of amides is 1. The van der Waals surface area contributed by atoms with Crippen LogP contribution in [-0.2, 0) is 0 Å². The third-order valence-corrected chi connectivity index (χ3v) is 1.21. The van der Waals surface area contributed by atoms with Crippen LogP contribution in [0.25, 0.3) is 0 Å². The van der Waals surface area contributed by atoms with Crippen molar-refractivity contribution in [1.82, 2.24) is 5.43 Å². The molecule has 0 saturated heterocycles. The molecule has 0 aromatic heterocycles. The van der Waals surface area contributed by atoms with Crippen molar-refractivity contribution in [2.75, 3.05) is 5.75 Å². The first kappa shape index (κ1) is 4.64. The maximum absolute atomic E-state index is 10.2. The molecule has 0 bridgehead atoms. The lowest BCUT2D eigenvalue weighted by Gasteiger charge is -1.99. The smallest absolute Gasteiger partial charge is 0.260 e. The Balaban J connectivity index is 2.47. The van der Waals surface area contributed by atoms with E-state index in [0.29, 0.717) is 5.75 Å². The van der Waals surface area contributed by atoms with E-state index in [-0.39, 0.29) is 5.24 Å². The monoisotopic (exact) mass is 116 g/mol. The summed E-state index contributed by atoms with van der Waals surface area (Å²) in [7, 11) is 0. The van der Waals surface area contributed by atoms with E-state index >= 15 is 0 Å². The third kappa shape index (κ3) is 1.19. The molecule has 1 rings (SSSR count). The predicted octanol–water partition coefficient (Wildman–Crippen LogP) is 0.429. The molecular weight excluding hydrogens is 112 g/mol. The average Bonchev–Trinajstić information content (AvgIpc) is 1.69. The molecule has 0 fully saturated rings. The minimum absolute atomic E-state index is 0.0671. The predicted molar refractivity (Wildman–Crippen MR) is 29.5 cm³/mol. The average molecular weight is 116 g/mol. The standard InChI is InChI=1S/C3H4N2OS/c6-3-5-4-1-2-7-3/h1H,2H2,(H,5,6). The Bertz CT molecular complexity index is 112. The van der Waals surface area contributed by atoms with Crippen molar-refractivity contribution in [3.05, 3.63) is 0 Å². The van der Waals surface area contributed by atoms with Gasteiger partial charge in [-0.1, -0.05) is 11.8 Å². The van der Waals surface area contributed by atoms with Crippen LogP contribution in [0.3, 0.4) is 0 Å². The van der Waals surface area contributed by atoms with E-state index in [4.69, 9.17) is 0 Å². The summed E-state index contributed by atoms with van der Waals surface area (Å²) in [4.78, 5) is 10.2. The van der Waals surface area contributed by atoms with Gasteiger partial charge in [-0.3, -0.25) is 4.79 Å². The van der Waals surface area contributed by atoms with Crippen molar-refractivity contribution < 1.29 is 4.79 Å². The normalized spacial score (nSPS) is 19.1. The largest absolute Gasteiger partial charge is 0.299 e. The Morgan fingerprint density at radius 2 is 2.86 bits per heavy atom. The molecule has 1 aliphatic heterocycles. The fraction of sp³-hybridized carbons (Fsp3) is 0.333. The number of rotatable bonds is 0. The summed E-state index contributed by atoms with van der Waals surface area (Å²) >= 11 is 1.22. The molecule has 1 N–H and O–H groups in total. The minimum Gasteiger partial charge on any atom is -0.260 e. The van der Waals surface area contributed by atoms with Crippen LogP contribution < -0.4 is 5.43 Å². The van der Waals surface area contributed by atoms with Gasteiger partial charge < -0.3 is 0 Å². The van der Waals surface area contributed by atoms with Crippen LogP contribution in [0, 0.1) is 0 Å². The minimum atomic E-state index is -0.0671. The zero-order chi connectivity index (χ0) is 5.11. The highest BCUT2D eigenvalue weighted by Crippen LogP contribution is 2.00. The number of thioether (sulfide) groups is 1. The van der Waals surface area contributed by atoms with Crippen LogP contribution >= 0.6 is 11.8 Å². The fourth-order valence-corrected chi connectivity index (χ4v) is 0.699. The van der Waals surface area contributed by atoms with Crippen LogP contribution in [0.2, 0.25) is 0 Å². The summed E-state index contributed by atoms with van der Waals surface area (Å²) in [6, 6.07) is 0. The Morgan fingerprint density at radius 1 is 2.00 bits per heavy atom. The first-order chi connectivity index (χ1) is 3.39.